The molecule has 6 aliphatic heterocycles. The number of amides is 5. The molecule has 0 spiro atoms. The number of halogens is 9. The molecule has 6 heterocycles. The number of carbonyl (C=O) groups excluding carboxylic acids is 5. The van der Waals surface area contributed by atoms with Crippen molar-refractivity contribution in [3.05, 3.63) is 105 Å². The van der Waals surface area contributed by atoms with E-state index in [4.69, 9.17) is 26.7 Å². The summed E-state index contributed by atoms with van der Waals surface area (Å²) in [5, 5.41) is 0. The summed E-state index contributed by atoms with van der Waals surface area (Å²) in [6, 6.07) is 2.46. The maximum Gasteiger partial charge on any atom is 0.237 e. The minimum Gasteiger partial charge on any atom is -0.378 e. The second-order valence-corrected chi connectivity index (χ2v) is 35.8. The van der Waals surface area contributed by atoms with Gasteiger partial charge in [0.25, 0.3) is 0 Å². The maximum atomic E-state index is 13.9. The van der Waals surface area contributed by atoms with Crippen LogP contribution in [0.1, 0.15) is 93.7 Å². The molecule has 0 bridgehead atoms. The van der Waals surface area contributed by atoms with Crippen molar-refractivity contribution in [2.45, 2.75) is 121 Å². The predicted octanol–water partition coefficient (Wildman–Crippen LogP) is 3.74. The highest BCUT2D eigenvalue weighted by Gasteiger charge is 2.35. The van der Waals surface area contributed by atoms with Gasteiger partial charge in [0.1, 0.15) is 29.0 Å². The molecule has 6 aliphatic rings. The van der Waals surface area contributed by atoms with Crippen LogP contribution in [0.2, 0.25) is 0 Å². The monoisotopic (exact) mass is 1530 g/mol. The molecule has 0 aromatic heterocycles. The van der Waals surface area contributed by atoms with Crippen LogP contribution in [0.15, 0.2) is 36.4 Å². The van der Waals surface area contributed by atoms with E-state index in [1.165, 1.54) is 14.7 Å². The van der Waals surface area contributed by atoms with Crippen molar-refractivity contribution < 1.29 is 107 Å². The highest BCUT2D eigenvalue weighted by Crippen LogP contribution is 2.29. The van der Waals surface area contributed by atoms with Crippen LogP contribution >= 0.6 is 0 Å². The molecular formula is C66H91F9N8O15S4. The molecule has 6 fully saturated rings. The molecule has 102 heavy (non-hydrogen) atoms. The molecular weight excluding hydrogens is 1440 g/mol. The second kappa shape index (κ2) is 37.8. The van der Waals surface area contributed by atoms with Crippen molar-refractivity contribution in [3.8, 4) is 0 Å². The van der Waals surface area contributed by atoms with Gasteiger partial charge in [0, 0.05) is 128 Å². The number of piperidine rings is 3. The Bertz CT molecular complexity index is 3860. The Kier molecular flexibility index (Phi) is 30.9. The van der Waals surface area contributed by atoms with E-state index < -0.39 is 145 Å². The largest absolute Gasteiger partial charge is 0.378 e. The van der Waals surface area contributed by atoms with E-state index in [2.05, 4.69) is 0 Å². The Morgan fingerprint density at radius 2 is 0.706 bits per heavy atom. The lowest BCUT2D eigenvalue weighted by Gasteiger charge is -2.35. The Morgan fingerprint density at radius 3 is 1.03 bits per heavy atom. The molecule has 5 amide bonds. The van der Waals surface area contributed by atoms with E-state index in [1.54, 1.807) is 9.80 Å². The Morgan fingerprint density at radius 1 is 0.402 bits per heavy atom. The number of ether oxygens (including phenoxy) is 2. The van der Waals surface area contributed by atoms with Crippen LogP contribution < -0.4 is 17.2 Å². The minimum atomic E-state index is -3.86. The lowest BCUT2D eigenvalue weighted by atomic mass is 9.86. The van der Waals surface area contributed by atoms with E-state index in [0.717, 1.165) is 37.5 Å². The quantitative estimate of drug-likeness (QED) is 0.0849. The summed E-state index contributed by atoms with van der Waals surface area (Å²) < 4.78 is 229. The number of nitrogens with two attached hydrogens (primary N) is 3. The highest BCUT2D eigenvalue weighted by atomic mass is 32.2. The van der Waals surface area contributed by atoms with Gasteiger partial charge in [-0.3, -0.25) is 24.0 Å². The fourth-order valence-corrected chi connectivity index (χ4v) is 18.2. The van der Waals surface area contributed by atoms with Crippen LogP contribution in [0.3, 0.4) is 0 Å². The lowest BCUT2D eigenvalue weighted by Crippen LogP contribution is -2.46. The number of rotatable bonds is 24. The fourth-order valence-electron chi connectivity index (χ4n) is 13.1. The van der Waals surface area contributed by atoms with Crippen LogP contribution in [0.25, 0.3) is 0 Å². The fraction of sp³-hybridized carbons (Fsp3) is 0.652. The van der Waals surface area contributed by atoms with Gasteiger partial charge in [0.15, 0.2) is 74.3 Å². The van der Waals surface area contributed by atoms with Gasteiger partial charge in [-0.1, -0.05) is 0 Å². The molecule has 0 saturated carbocycles. The van der Waals surface area contributed by atoms with Gasteiger partial charge in [0.05, 0.1) is 53.8 Å². The average molecular weight is 1540 g/mol. The number of hydrogen-bond acceptors (Lipinski definition) is 18. The van der Waals surface area contributed by atoms with Gasteiger partial charge in [-0.05, 0) is 130 Å². The summed E-state index contributed by atoms with van der Waals surface area (Å²) in [5.41, 5.74) is 18.5. The van der Waals surface area contributed by atoms with E-state index in [9.17, 15) is 97.2 Å². The Hall–Kier alpha value is -6.02. The van der Waals surface area contributed by atoms with Crippen molar-refractivity contribution >= 4 is 68.9 Å². The third kappa shape index (κ3) is 25.9. The molecule has 9 rings (SSSR count). The van der Waals surface area contributed by atoms with Gasteiger partial charge in [-0.25, -0.2) is 73.2 Å². The van der Waals surface area contributed by atoms with Crippen molar-refractivity contribution in [2.24, 2.45) is 35.0 Å². The van der Waals surface area contributed by atoms with Crippen LogP contribution in [-0.4, -0.2) is 243 Å². The third-order valence-corrected chi connectivity index (χ3v) is 25.8. The first-order valence-electron chi connectivity index (χ1n) is 34.0. The van der Waals surface area contributed by atoms with Crippen molar-refractivity contribution in [1.29, 1.82) is 0 Å². The summed E-state index contributed by atoms with van der Waals surface area (Å²) in [6.07, 6.45) is 5.11. The third-order valence-electron chi connectivity index (χ3n) is 19.5. The van der Waals surface area contributed by atoms with Crippen LogP contribution in [0.5, 0.6) is 0 Å². The summed E-state index contributed by atoms with van der Waals surface area (Å²) >= 11 is 0. The van der Waals surface area contributed by atoms with Crippen LogP contribution in [-0.2, 0) is 92.1 Å². The Balaban J connectivity index is 0.000000215. The van der Waals surface area contributed by atoms with E-state index in [1.807, 2.05) is 0 Å². The van der Waals surface area contributed by atoms with Gasteiger partial charge in [-0.15, -0.1) is 0 Å². The standard InChI is InChI=1S/C22H30F3N3O6S2.C22H30F3N3O5S.C22H31F3N2O4S/c23-17-13-19(25)18(24)11-16(17)12-20(26)15-1-4-27(5-2-15)21(29)3-8-36(33,34)14-22(30)28-6-9-35(31,32)10-7-28;23-17-13-19(25)18(24)11-16(17)12-20(26)15-1-4-27(5-2-15)21(29)3-10-34(31,32)14-22(30)28-6-8-33-9-7-28;23-18-13-20(25)19(24)11-16(18)12-21(26)15-4-7-27(8-5-15)22(28)6-10-32(29,30)14-17-3-1-2-9-31-17/h11,13,15,20H,1-10,12,14,26H2;11,13,15,20H,1-10,12,14,26H2;11,13,15,17,21H,1-10,12,14,26H2/t2*20-;17?,21-/m111/s1. The maximum absolute atomic E-state index is 13.9. The molecule has 0 aliphatic carbocycles. The summed E-state index contributed by atoms with van der Waals surface area (Å²) in [7, 11) is -14.2. The number of morpholine rings is 1. The molecule has 4 atom stereocenters. The Labute approximate surface area is 589 Å². The zero-order valence-corrected chi connectivity index (χ0v) is 59.9. The number of carbonyl (C=O) groups is 5. The number of nitrogens with zero attached hydrogens (tertiary/aromatic N) is 5. The lowest BCUT2D eigenvalue weighted by molar-refractivity contribution is -0.133. The molecule has 0 radical (unpaired) electrons. The summed E-state index contributed by atoms with van der Waals surface area (Å²) in [6.45, 7) is 4.18. The number of sulfone groups is 4. The van der Waals surface area contributed by atoms with Gasteiger partial charge >= 0.3 is 0 Å². The summed E-state index contributed by atoms with van der Waals surface area (Å²) in [4.78, 5) is 69.3. The second-order valence-electron chi connectivity index (χ2n) is 26.9. The van der Waals surface area contributed by atoms with Crippen LogP contribution in [0.4, 0.5) is 39.5 Å². The van der Waals surface area contributed by atoms with Crippen molar-refractivity contribution in [1.82, 2.24) is 24.5 Å². The number of hydrogen-bond donors (Lipinski definition) is 3. The SMILES string of the molecule is N[C@H](Cc1cc(F)c(F)cc1F)C1CCN(C(=O)CCS(=O)(=O)CC(=O)N2CCOCC2)CC1.N[C@H](Cc1cc(F)c(F)cc1F)C1CCN(C(=O)CCS(=O)(=O)CC(=O)N2CCS(=O)(=O)CC2)CC1.N[C@H](Cc1cc(F)c(F)cc1F)C1CCN(C(=O)CCS(=O)(=O)CC2CCCCO2)CC1. The topological polar surface area (TPSA) is 335 Å². The van der Waals surface area contributed by atoms with Gasteiger partial charge in [0.2, 0.25) is 29.5 Å². The first-order chi connectivity index (χ1) is 48.0. The highest BCUT2D eigenvalue weighted by molar-refractivity contribution is 7.92. The molecule has 23 nitrogen and oxygen atoms in total. The number of likely N-dealkylation sites (tertiary alicyclic amines) is 3. The molecule has 6 saturated heterocycles. The van der Waals surface area contributed by atoms with E-state index in [0.29, 0.717) is 129 Å². The zero-order valence-electron chi connectivity index (χ0n) is 56.6. The molecule has 3 aromatic rings. The van der Waals surface area contributed by atoms with E-state index >= 15 is 0 Å². The molecule has 1 unspecified atom stereocenters. The van der Waals surface area contributed by atoms with Gasteiger partial charge in [-0.2, -0.15) is 0 Å². The molecule has 6 N–H and O–H groups in total. The van der Waals surface area contributed by atoms with Crippen LogP contribution in [0, 0.1) is 70.1 Å². The van der Waals surface area contributed by atoms with Crippen molar-refractivity contribution in [2.75, 3.05) is 131 Å². The first kappa shape index (κ1) is 83.3. The zero-order chi connectivity index (χ0) is 74.9. The van der Waals surface area contributed by atoms with Gasteiger partial charge < -0.3 is 51.2 Å². The molecule has 36 heteroatoms. The van der Waals surface area contributed by atoms with E-state index in [-0.39, 0.29) is 133 Å². The normalized spacial score (nSPS) is 20.0. The van der Waals surface area contributed by atoms with Crippen molar-refractivity contribution in [3.63, 3.8) is 0 Å². The molecule has 572 valence electrons. The average Bonchev–Trinajstić information content (AvgIpc) is 0.846. The smallest absolute Gasteiger partial charge is 0.237 e. The molecule has 3 aromatic carbocycles. The number of benzene rings is 3. The predicted molar refractivity (Wildman–Crippen MR) is 358 cm³/mol. The first-order valence-corrected chi connectivity index (χ1v) is 41.3. The summed E-state index contributed by atoms with van der Waals surface area (Å²) in [5.74, 6) is -14.9. The minimum absolute atomic E-state index is 0.00116.